The van der Waals surface area contributed by atoms with E-state index in [1.807, 2.05) is 84.9 Å². The van der Waals surface area contributed by atoms with Crippen LogP contribution in [0, 0.1) is 0 Å². The number of ether oxygens (including phenoxy) is 3. The molecule has 1 aliphatic heterocycles. The Morgan fingerprint density at radius 1 is 0.857 bits per heavy atom. The lowest BCUT2D eigenvalue weighted by molar-refractivity contribution is -0.155. The minimum Gasteiger partial charge on any atom is -0.497 e. The summed E-state index contributed by atoms with van der Waals surface area (Å²) in [5.41, 5.74) is 2.87. The van der Waals surface area contributed by atoms with E-state index in [4.69, 9.17) is 14.2 Å². The van der Waals surface area contributed by atoms with E-state index >= 15 is 0 Å². The van der Waals surface area contributed by atoms with Gasteiger partial charge in [-0.15, -0.1) is 0 Å². The molecule has 0 saturated carbocycles. The van der Waals surface area contributed by atoms with Crippen LogP contribution in [-0.2, 0) is 43.3 Å². The van der Waals surface area contributed by atoms with Crippen LogP contribution in [-0.4, -0.2) is 61.1 Å². The molecule has 3 aromatic rings. The van der Waals surface area contributed by atoms with Crippen molar-refractivity contribution in [2.24, 2.45) is 0 Å². The monoisotopic (exact) mass is 572 g/mol. The summed E-state index contributed by atoms with van der Waals surface area (Å²) >= 11 is 0. The van der Waals surface area contributed by atoms with Gasteiger partial charge in [-0.25, -0.2) is 4.79 Å². The van der Waals surface area contributed by atoms with Crippen LogP contribution >= 0.6 is 0 Å². The van der Waals surface area contributed by atoms with Crippen LogP contribution < -0.4 is 10.1 Å². The third-order valence-electron chi connectivity index (χ3n) is 7.47. The first-order valence-corrected chi connectivity index (χ1v) is 14.6. The van der Waals surface area contributed by atoms with Gasteiger partial charge in [-0.3, -0.25) is 14.9 Å². The number of hydrogen-bond donors (Lipinski definition) is 1. The number of hydrogen-bond acceptors (Lipinski definition) is 7. The number of aryl methyl sites for hydroxylation is 1. The summed E-state index contributed by atoms with van der Waals surface area (Å²) in [5.74, 6) is -0.346. The van der Waals surface area contributed by atoms with E-state index in [2.05, 4.69) is 5.32 Å². The first-order chi connectivity index (χ1) is 20.5. The molecule has 1 N–H and O–H groups in total. The molecule has 4 rings (SSSR count). The maximum absolute atomic E-state index is 14.1. The molecule has 0 bridgehead atoms. The van der Waals surface area contributed by atoms with Gasteiger partial charge in [-0.2, -0.15) is 0 Å². The summed E-state index contributed by atoms with van der Waals surface area (Å²) < 4.78 is 16.3. The van der Waals surface area contributed by atoms with Crippen LogP contribution in [0.5, 0.6) is 5.75 Å². The third-order valence-corrected chi connectivity index (χ3v) is 7.47. The highest BCUT2D eigenvalue weighted by Gasteiger charge is 2.39. The molecule has 222 valence electrons. The number of nitrogens with zero attached hydrogens (tertiary/aromatic N) is 1. The summed E-state index contributed by atoms with van der Waals surface area (Å²) in [6.45, 7) is 2.60. The van der Waals surface area contributed by atoms with Gasteiger partial charge in [0.2, 0.25) is 5.91 Å². The lowest BCUT2D eigenvalue weighted by Gasteiger charge is -2.30. The first kappa shape index (κ1) is 30.8. The molecule has 1 saturated heterocycles. The van der Waals surface area contributed by atoms with Crippen molar-refractivity contribution in [1.29, 1.82) is 0 Å². The molecule has 1 unspecified atom stereocenters. The van der Waals surface area contributed by atoms with Crippen LogP contribution in [0.1, 0.15) is 42.9 Å². The molecule has 0 aromatic heterocycles. The fourth-order valence-corrected chi connectivity index (χ4v) is 5.23. The minimum atomic E-state index is -0.758. The molecule has 0 aliphatic carbocycles. The Morgan fingerprint density at radius 2 is 1.52 bits per heavy atom. The van der Waals surface area contributed by atoms with Gasteiger partial charge >= 0.3 is 11.9 Å². The van der Waals surface area contributed by atoms with Gasteiger partial charge in [0.25, 0.3) is 0 Å². The Morgan fingerprint density at radius 3 is 2.17 bits per heavy atom. The van der Waals surface area contributed by atoms with Crippen LogP contribution in [0.3, 0.4) is 0 Å². The predicted molar refractivity (Wildman–Crippen MR) is 160 cm³/mol. The van der Waals surface area contributed by atoms with E-state index in [0.717, 1.165) is 16.7 Å². The molecule has 42 heavy (non-hydrogen) atoms. The van der Waals surface area contributed by atoms with Gasteiger partial charge in [0, 0.05) is 6.54 Å². The third kappa shape index (κ3) is 8.66. The zero-order valence-corrected chi connectivity index (χ0v) is 24.4. The maximum Gasteiger partial charge on any atom is 0.329 e. The lowest BCUT2D eigenvalue weighted by atomic mass is 10.0. The molecule has 3 aromatic carbocycles. The molecule has 0 radical (unpaired) electrons. The molecule has 1 fully saturated rings. The van der Waals surface area contributed by atoms with Gasteiger partial charge in [0.1, 0.15) is 24.4 Å². The molecule has 1 amide bonds. The Bertz CT molecular complexity index is 1280. The summed E-state index contributed by atoms with van der Waals surface area (Å²) in [7, 11) is 1.60. The van der Waals surface area contributed by atoms with Gasteiger partial charge in [-0.05, 0) is 67.9 Å². The van der Waals surface area contributed by atoms with Crippen molar-refractivity contribution in [1.82, 2.24) is 10.2 Å². The second-order valence-electron chi connectivity index (χ2n) is 10.4. The van der Waals surface area contributed by atoms with Crippen LogP contribution in [0.2, 0.25) is 0 Å². The van der Waals surface area contributed by atoms with E-state index in [-0.39, 0.29) is 19.1 Å². The summed E-state index contributed by atoms with van der Waals surface area (Å²) in [6.07, 6.45) is 2.65. The van der Waals surface area contributed by atoms with Crippen LogP contribution in [0.4, 0.5) is 0 Å². The molecule has 8 heteroatoms. The molecular formula is C34H40N2O6. The van der Waals surface area contributed by atoms with Crippen molar-refractivity contribution < 1.29 is 28.6 Å². The van der Waals surface area contributed by atoms with Crippen molar-refractivity contribution in [3.05, 3.63) is 102 Å². The number of methoxy groups -OCH3 is 1. The van der Waals surface area contributed by atoms with Crippen molar-refractivity contribution >= 4 is 17.8 Å². The number of carbonyl (C=O) groups excluding carboxylic acids is 3. The highest BCUT2D eigenvalue weighted by atomic mass is 16.5. The van der Waals surface area contributed by atoms with Gasteiger partial charge in [0.15, 0.2) is 0 Å². The fourth-order valence-electron chi connectivity index (χ4n) is 5.23. The van der Waals surface area contributed by atoms with E-state index in [1.54, 1.807) is 18.9 Å². The Hall–Kier alpha value is -4.17. The quantitative estimate of drug-likeness (QED) is 0.285. The number of amides is 1. The maximum atomic E-state index is 14.1. The summed E-state index contributed by atoms with van der Waals surface area (Å²) in [5, 5.41) is 3.33. The first-order valence-electron chi connectivity index (χ1n) is 14.6. The lowest BCUT2D eigenvalue weighted by Crippen LogP contribution is -2.55. The topological polar surface area (TPSA) is 94.2 Å². The molecule has 3 atom stereocenters. The van der Waals surface area contributed by atoms with E-state index in [1.165, 1.54) is 0 Å². The Kier molecular flexibility index (Phi) is 11.5. The van der Waals surface area contributed by atoms with Crippen molar-refractivity contribution in [2.45, 2.75) is 63.8 Å². The summed E-state index contributed by atoms with van der Waals surface area (Å²) in [4.78, 5) is 41.9. The fraction of sp³-hybridized carbons (Fsp3) is 0.382. The zero-order chi connectivity index (χ0) is 29.7. The predicted octanol–water partition coefficient (Wildman–Crippen LogP) is 4.49. The average molecular weight is 573 g/mol. The SMILES string of the molecule is CCOC(=O)C(CCc1ccccc1)N[C@@H](Cc1ccc(OC)cc1)C(=O)N1CCC[C@H]1C(=O)OCc1ccccc1. The van der Waals surface area contributed by atoms with Crippen molar-refractivity contribution in [2.75, 3.05) is 20.3 Å². The number of nitrogens with one attached hydrogen (secondary N) is 1. The van der Waals surface area contributed by atoms with Crippen LogP contribution in [0.15, 0.2) is 84.9 Å². The second kappa shape index (κ2) is 15.7. The van der Waals surface area contributed by atoms with Gasteiger partial charge < -0.3 is 19.1 Å². The highest BCUT2D eigenvalue weighted by Crippen LogP contribution is 2.22. The van der Waals surface area contributed by atoms with E-state index in [0.29, 0.717) is 44.4 Å². The molecule has 0 spiro atoms. The molecule has 1 heterocycles. The number of carbonyl (C=O) groups is 3. The number of likely N-dealkylation sites (tertiary alicyclic amines) is 1. The summed E-state index contributed by atoms with van der Waals surface area (Å²) in [6, 6.07) is 24.7. The number of benzene rings is 3. The highest BCUT2D eigenvalue weighted by molar-refractivity contribution is 5.89. The van der Waals surface area contributed by atoms with E-state index < -0.39 is 30.1 Å². The van der Waals surface area contributed by atoms with Crippen molar-refractivity contribution in [3.63, 3.8) is 0 Å². The second-order valence-corrected chi connectivity index (χ2v) is 10.4. The normalized spacial score (nSPS) is 16.0. The Balaban J connectivity index is 1.53. The van der Waals surface area contributed by atoms with Crippen molar-refractivity contribution in [3.8, 4) is 5.75 Å². The van der Waals surface area contributed by atoms with E-state index in [9.17, 15) is 14.4 Å². The van der Waals surface area contributed by atoms with Crippen LogP contribution in [0.25, 0.3) is 0 Å². The van der Waals surface area contributed by atoms with Gasteiger partial charge in [0.05, 0.1) is 19.8 Å². The Labute approximate surface area is 248 Å². The molecule has 1 aliphatic rings. The minimum absolute atomic E-state index is 0.149. The smallest absolute Gasteiger partial charge is 0.329 e. The largest absolute Gasteiger partial charge is 0.497 e. The molecular weight excluding hydrogens is 532 g/mol. The average Bonchev–Trinajstić information content (AvgIpc) is 3.53. The zero-order valence-electron chi connectivity index (χ0n) is 24.4. The number of esters is 2. The molecule has 8 nitrogen and oxygen atoms in total. The van der Waals surface area contributed by atoms with Gasteiger partial charge in [-0.1, -0.05) is 72.8 Å². The number of rotatable bonds is 14. The standard InChI is InChI=1S/C34H40N2O6/c1-3-41-33(38)29(21-18-25-11-6-4-7-12-25)35-30(23-26-16-19-28(40-2)20-17-26)32(37)36-22-10-15-31(36)34(39)42-24-27-13-8-5-9-14-27/h4-9,11-14,16-17,19-20,29-31,35H,3,10,15,18,21-24H2,1-2H3/t29?,30-,31-/m0/s1.